The van der Waals surface area contributed by atoms with Crippen molar-refractivity contribution in [2.24, 2.45) is 5.41 Å². The van der Waals surface area contributed by atoms with Gasteiger partial charge in [-0.2, -0.15) is 0 Å². The van der Waals surface area contributed by atoms with E-state index < -0.39 is 48.0 Å². The summed E-state index contributed by atoms with van der Waals surface area (Å²) < 4.78 is 5.42. The van der Waals surface area contributed by atoms with Crippen molar-refractivity contribution >= 4 is 35.6 Å². The lowest BCUT2D eigenvalue weighted by atomic mass is 9.83. The van der Waals surface area contributed by atoms with E-state index in [4.69, 9.17) is 26.2 Å². The molecule has 19 nitrogen and oxygen atoms in total. The number of terminal acetylenes is 1. The van der Waals surface area contributed by atoms with Crippen molar-refractivity contribution < 1.29 is 39.2 Å². The van der Waals surface area contributed by atoms with Gasteiger partial charge in [0, 0.05) is 97.8 Å². The second kappa shape index (κ2) is 21.0. The number of aliphatic carboxylic acids is 1. The van der Waals surface area contributed by atoms with Gasteiger partial charge in [-0.25, -0.2) is 19.6 Å². The molecule has 72 heavy (non-hydrogen) atoms. The van der Waals surface area contributed by atoms with E-state index in [-0.39, 0.29) is 55.0 Å². The van der Waals surface area contributed by atoms with Crippen LogP contribution in [0.15, 0.2) is 60.9 Å². The number of ether oxygens (including phenoxy) is 1. The maximum atomic E-state index is 14.3. The molecule has 7 heterocycles. The highest BCUT2D eigenvalue weighted by Gasteiger charge is 2.46. The van der Waals surface area contributed by atoms with Crippen LogP contribution in [0.2, 0.25) is 0 Å². The molecule has 0 bridgehead atoms. The molecule has 19 heteroatoms. The molecular formula is C53H65N11O8. The van der Waals surface area contributed by atoms with Crippen LogP contribution in [-0.2, 0) is 20.9 Å². The molecule has 2 unspecified atom stereocenters. The van der Waals surface area contributed by atoms with Gasteiger partial charge in [-0.15, -0.1) is 16.6 Å². The Hall–Kier alpha value is -7.04. The highest BCUT2D eigenvalue weighted by atomic mass is 16.5. The van der Waals surface area contributed by atoms with Gasteiger partial charge in [-0.1, -0.05) is 44.9 Å². The molecule has 2 aromatic heterocycles. The molecule has 2 aromatic carbocycles. The number of carboxylic acid groups (broad SMARTS) is 1. The molecule has 6 atom stereocenters. The highest BCUT2D eigenvalue weighted by Crippen LogP contribution is 2.45. The zero-order valence-corrected chi connectivity index (χ0v) is 41.3. The number of nitrogens with zero attached hydrogens (tertiary/aromatic N) is 8. The Bertz CT molecular complexity index is 2690. The van der Waals surface area contributed by atoms with Crippen molar-refractivity contribution in [2.75, 3.05) is 56.1 Å². The summed E-state index contributed by atoms with van der Waals surface area (Å²) in [5.41, 5.74) is 3.78. The standard InChI is InChI=1S/C53H65N11O8/c1-6-32-11-12-34(44(23-32)72-30-45(67)68)26-54-49(69)42-24-37(65)29-64(42)50(70)47(53(3,4)5)58-52(71)62-20-15-36(16-21-62)61-18-13-33(14-19-61)35-27-55-51(56-28-35)63-22-17-40-46(31(63)2)39-25-41(59-60-48(39)57-40)38-9-7-8-10-43(38)66/h1,7-12,23,25,27-28,31,33,36-37,40,42,46-47,65-66H,13-22,24,26,29-30H2,2-5H3,(H,54,69)(H,57,60)(H,58,71)(H,67,68)/t31-,37-,40?,42+,46?,47-/m1/s1. The van der Waals surface area contributed by atoms with E-state index in [0.717, 1.165) is 74.6 Å². The quantitative estimate of drug-likeness (QED) is 0.109. The lowest BCUT2D eigenvalue weighted by Gasteiger charge is -2.42. The van der Waals surface area contributed by atoms with E-state index in [1.54, 1.807) is 29.2 Å². The molecule has 9 rings (SSSR count). The van der Waals surface area contributed by atoms with Crippen molar-refractivity contribution in [3.05, 3.63) is 83.2 Å². The van der Waals surface area contributed by atoms with Gasteiger partial charge in [0.05, 0.1) is 11.8 Å². The number of β-amino-alcohol motifs (C(OH)–C–C–N with tert-alkyl or cyclic N) is 1. The highest BCUT2D eigenvalue weighted by molar-refractivity contribution is 5.93. The van der Waals surface area contributed by atoms with Gasteiger partial charge in [-0.05, 0) is 99.3 Å². The third kappa shape index (κ3) is 10.6. The van der Waals surface area contributed by atoms with Crippen LogP contribution in [0, 0.1) is 17.8 Å². The number of aromatic nitrogens is 4. The number of aliphatic hydroxyl groups is 1. The number of nitrogens with one attached hydrogen (secondary N) is 3. The Labute approximate surface area is 419 Å². The summed E-state index contributed by atoms with van der Waals surface area (Å²) in [7, 11) is 0. The molecule has 6 N–H and O–H groups in total. The average Bonchev–Trinajstić information content (AvgIpc) is 3.97. The number of anilines is 2. The fraction of sp³-hybridized carbons (Fsp3) is 0.509. The van der Waals surface area contributed by atoms with Gasteiger partial charge >= 0.3 is 12.0 Å². The molecular weight excluding hydrogens is 919 g/mol. The maximum Gasteiger partial charge on any atom is 0.341 e. The number of hydrogen-bond donors (Lipinski definition) is 6. The summed E-state index contributed by atoms with van der Waals surface area (Å²) in [5, 5.41) is 48.7. The number of para-hydroxylation sites is 1. The molecule has 5 aliphatic rings. The Morgan fingerprint density at radius 2 is 1.69 bits per heavy atom. The number of phenols is 1. The van der Waals surface area contributed by atoms with Crippen molar-refractivity contribution in [3.63, 3.8) is 0 Å². The zero-order valence-electron chi connectivity index (χ0n) is 41.3. The number of amides is 4. The van der Waals surface area contributed by atoms with E-state index in [0.29, 0.717) is 47.4 Å². The fourth-order valence-electron chi connectivity index (χ4n) is 11.3. The second-order valence-corrected chi connectivity index (χ2v) is 20.9. The van der Waals surface area contributed by atoms with Gasteiger partial charge in [0.15, 0.2) is 12.4 Å². The van der Waals surface area contributed by atoms with Crippen molar-refractivity contribution in [2.45, 2.75) is 121 Å². The minimum Gasteiger partial charge on any atom is -0.507 e. The number of carbonyl (C=O) groups is 4. The van der Waals surface area contributed by atoms with Crippen LogP contribution in [-0.4, -0.2) is 156 Å². The van der Waals surface area contributed by atoms with Crippen LogP contribution < -0.4 is 25.6 Å². The lowest BCUT2D eigenvalue weighted by molar-refractivity contribution is -0.142. The van der Waals surface area contributed by atoms with E-state index in [9.17, 15) is 29.4 Å². The first-order valence-electron chi connectivity index (χ1n) is 25.1. The van der Waals surface area contributed by atoms with Crippen LogP contribution >= 0.6 is 0 Å². The molecule has 4 fully saturated rings. The summed E-state index contributed by atoms with van der Waals surface area (Å²) in [6.07, 6.45) is 13.1. The molecule has 0 spiro atoms. The lowest BCUT2D eigenvalue weighted by Crippen LogP contribution is -2.60. The predicted molar refractivity (Wildman–Crippen MR) is 268 cm³/mol. The Kier molecular flexibility index (Phi) is 14.5. The number of piperidine rings is 3. The van der Waals surface area contributed by atoms with Gasteiger partial charge in [0.1, 0.15) is 23.6 Å². The summed E-state index contributed by atoms with van der Waals surface area (Å²) in [6, 6.07) is 12.4. The number of carboxylic acids is 1. The molecule has 4 saturated heterocycles. The summed E-state index contributed by atoms with van der Waals surface area (Å²) >= 11 is 0. The van der Waals surface area contributed by atoms with Gasteiger partial charge in [0.25, 0.3) is 0 Å². The van der Waals surface area contributed by atoms with Crippen LogP contribution in [0.1, 0.15) is 100 Å². The number of carbonyl (C=O) groups excluding carboxylic acids is 3. The fourth-order valence-corrected chi connectivity index (χ4v) is 11.3. The number of aliphatic hydroxyl groups excluding tert-OH is 1. The topological polar surface area (TPSA) is 239 Å². The Morgan fingerprint density at radius 3 is 2.39 bits per heavy atom. The normalized spacial score (nSPS) is 23.1. The van der Waals surface area contributed by atoms with Crippen LogP contribution in [0.3, 0.4) is 0 Å². The molecule has 0 radical (unpaired) electrons. The molecule has 0 saturated carbocycles. The maximum absolute atomic E-state index is 14.3. The molecule has 5 aliphatic heterocycles. The monoisotopic (exact) mass is 984 g/mol. The minimum absolute atomic E-state index is 0.0152. The smallest absolute Gasteiger partial charge is 0.341 e. The largest absolute Gasteiger partial charge is 0.507 e. The predicted octanol–water partition coefficient (Wildman–Crippen LogP) is 4.31. The number of hydrogen-bond acceptors (Lipinski definition) is 14. The first-order chi connectivity index (χ1) is 34.6. The number of urea groups is 1. The number of aromatic hydroxyl groups is 1. The number of benzene rings is 2. The summed E-state index contributed by atoms with van der Waals surface area (Å²) in [5.74, 6) is 2.74. The van der Waals surface area contributed by atoms with E-state index in [1.165, 1.54) is 11.0 Å². The average molecular weight is 984 g/mol. The van der Waals surface area contributed by atoms with Gasteiger partial charge < -0.3 is 55.6 Å². The van der Waals surface area contributed by atoms with Crippen LogP contribution in [0.25, 0.3) is 11.3 Å². The van der Waals surface area contributed by atoms with Crippen molar-refractivity contribution in [3.8, 4) is 35.1 Å². The molecule has 4 amide bonds. The van der Waals surface area contributed by atoms with E-state index in [1.807, 2.05) is 45.3 Å². The summed E-state index contributed by atoms with van der Waals surface area (Å²) in [6.45, 7) is 10.8. The van der Waals surface area contributed by atoms with E-state index >= 15 is 0 Å². The molecule has 380 valence electrons. The Morgan fingerprint density at radius 1 is 0.958 bits per heavy atom. The molecule has 0 aliphatic carbocycles. The van der Waals surface area contributed by atoms with Gasteiger partial charge in [0.2, 0.25) is 17.8 Å². The number of likely N-dealkylation sites (tertiary alicyclic amines) is 3. The third-order valence-corrected chi connectivity index (χ3v) is 15.3. The zero-order chi connectivity index (χ0) is 50.8. The van der Waals surface area contributed by atoms with Crippen LogP contribution in [0.5, 0.6) is 11.5 Å². The molecule has 4 aromatic rings. The summed E-state index contributed by atoms with van der Waals surface area (Å²) in [4.78, 5) is 70.8. The van der Waals surface area contributed by atoms with Crippen LogP contribution in [0.4, 0.5) is 16.6 Å². The van der Waals surface area contributed by atoms with E-state index in [2.05, 4.69) is 54.9 Å². The SMILES string of the molecule is C#Cc1ccc(CNC(=O)[C@@H]2C[C@@H](O)CN2C(=O)[C@@H](NC(=O)N2CCC(N3CCC(c4cnc(N5CCC6Nc7nnc(-c8ccccc8O)cc7C6[C@H]5C)nc4)CC3)CC2)C(C)(C)C)c(OCC(=O)O)c1. The van der Waals surface area contributed by atoms with Gasteiger partial charge in [-0.3, -0.25) is 9.59 Å². The second-order valence-electron chi connectivity index (χ2n) is 20.9. The first-order valence-corrected chi connectivity index (χ1v) is 25.1. The minimum atomic E-state index is -1.17. The first kappa shape index (κ1) is 49.9. The van der Waals surface area contributed by atoms with Crippen molar-refractivity contribution in [1.29, 1.82) is 0 Å². The third-order valence-electron chi connectivity index (χ3n) is 15.3. The number of fused-ring (bicyclic) bond motifs is 3. The number of phenolic OH excluding ortho intramolecular Hbond substituents is 1. The Balaban J connectivity index is 0.753. The van der Waals surface area contributed by atoms with Crippen molar-refractivity contribution in [1.82, 2.24) is 45.5 Å². The number of rotatable bonds is 12.